The molecule has 0 aliphatic rings. The van der Waals surface area contributed by atoms with Gasteiger partial charge in [-0.15, -0.1) is 0 Å². The first-order valence-electron chi connectivity index (χ1n) is 3.29. The molecule has 0 aliphatic heterocycles. The zero-order valence-electron chi connectivity index (χ0n) is 10.8. The molecule has 26 heavy (non-hydrogen) atoms. The molecule has 0 heterocycles. The van der Waals surface area contributed by atoms with Crippen molar-refractivity contribution in [1.82, 2.24) is 0 Å². The van der Waals surface area contributed by atoms with Crippen LogP contribution in [0.2, 0.25) is 0 Å². The monoisotopic (exact) mass is 678 g/mol. The maximum Gasteiger partial charge on any atom is 3.00 e. The van der Waals surface area contributed by atoms with Crippen molar-refractivity contribution in [1.29, 1.82) is 0 Å². The minimum absolute atomic E-state index is 0. The summed E-state index contributed by atoms with van der Waals surface area (Å²) in [6, 6.07) is 0. The van der Waals surface area contributed by atoms with E-state index in [1.165, 1.54) is 0 Å². The smallest absolute Gasteiger partial charge is 0.356 e. The van der Waals surface area contributed by atoms with Gasteiger partial charge in [-0.3, -0.25) is 0 Å². The van der Waals surface area contributed by atoms with Crippen LogP contribution >= 0.6 is 0 Å². The van der Waals surface area contributed by atoms with Gasteiger partial charge in [-0.1, -0.05) is 0 Å². The molecule has 0 atom stereocenters. The predicted octanol–water partition coefficient (Wildman–Crippen LogP) is -1.43. The second-order valence-corrected chi connectivity index (χ2v) is 1.34. The molecule has 26 heteroatoms. The molecule has 0 aromatic rings. The van der Waals surface area contributed by atoms with E-state index in [1.807, 2.05) is 0 Å². The Hall–Kier alpha value is -1.63. The van der Waals surface area contributed by atoms with Crippen molar-refractivity contribution in [3.63, 3.8) is 0 Å². The SMILES string of the molecule is O=[N+]([O-])[O-].O=[N+]([O-])[O-].O=[N+]([O-])[O-].O=[N+]([O-])[O-].O=[N+]([O-])[O-].O=[N+]([O-])[O-].[Eu+3].[Eu+3]. The van der Waals surface area contributed by atoms with Gasteiger partial charge in [0.25, 0.3) is 0 Å². The van der Waals surface area contributed by atoms with Crippen molar-refractivity contribution in [2.75, 3.05) is 0 Å². The normalized spacial score (nSPS) is 5.54. The molecule has 0 N–H and O–H groups in total. The molecule has 24 nitrogen and oxygen atoms in total. The van der Waals surface area contributed by atoms with E-state index >= 15 is 0 Å². The largest absolute Gasteiger partial charge is 3.00 e. The van der Waals surface area contributed by atoms with Crippen LogP contribution in [0.1, 0.15) is 0 Å². The van der Waals surface area contributed by atoms with Gasteiger partial charge < -0.3 is 91.9 Å². The summed E-state index contributed by atoms with van der Waals surface area (Å²) < 4.78 is 0. The van der Waals surface area contributed by atoms with Gasteiger partial charge >= 0.3 is 98.8 Å². The second-order valence-electron chi connectivity index (χ2n) is 1.34. The Morgan fingerprint density at radius 1 is 0.269 bits per heavy atom. The first-order valence-corrected chi connectivity index (χ1v) is 3.29. The summed E-state index contributed by atoms with van der Waals surface area (Å²) in [6.45, 7) is 0. The van der Waals surface area contributed by atoms with Crippen LogP contribution in [0.5, 0.6) is 0 Å². The maximum absolute atomic E-state index is 8.25. The minimum Gasteiger partial charge on any atom is -0.356 e. The van der Waals surface area contributed by atoms with Crippen molar-refractivity contribution < 1.29 is 129 Å². The van der Waals surface area contributed by atoms with Gasteiger partial charge in [0.2, 0.25) is 0 Å². The number of hydrogen-bond acceptors (Lipinski definition) is 18. The summed E-state index contributed by atoms with van der Waals surface area (Å²) in [7, 11) is 0. The third kappa shape index (κ3) is 3840. The molecule has 0 saturated carbocycles. The third-order valence-electron chi connectivity index (χ3n) is 0. The van der Waals surface area contributed by atoms with E-state index in [2.05, 4.69) is 0 Å². The number of rotatable bonds is 0. The molecular formula is Eu2N6O18. The topological polar surface area (TPSA) is 397 Å². The summed E-state index contributed by atoms with van der Waals surface area (Å²) in [4.78, 5) is 49.5. The van der Waals surface area contributed by atoms with Crippen molar-refractivity contribution in [3.8, 4) is 0 Å². The van der Waals surface area contributed by atoms with Crippen LogP contribution < -0.4 is 0 Å². The first-order chi connectivity index (χ1) is 10.4. The summed E-state index contributed by atoms with van der Waals surface area (Å²) in [5, 5.41) is 88.5. The van der Waals surface area contributed by atoms with Crippen LogP contribution in [0, 0.1) is 191 Å². The molecule has 0 rings (SSSR count). The van der Waals surface area contributed by atoms with Gasteiger partial charge in [-0.05, 0) is 0 Å². The van der Waals surface area contributed by atoms with Crippen LogP contribution in [0.3, 0.4) is 0 Å². The Kier molecular flexibility index (Phi) is 83.4. The van der Waals surface area contributed by atoms with E-state index in [1.54, 1.807) is 0 Å². The molecule has 0 saturated heterocycles. The van der Waals surface area contributed by atoms with E-state index < -0.39 is 30.5 Å². The summed E-state index contributed by atoms with van der Waals surface area (Å²) in [5.41, 5.74) is 0. The minimum atomic E-state index is -1.75. The van der Waals surface area contributed by atoms with Crippen molar-refractivity contribution in [2.24, 2.45) is 0 Å². The summed E-state index contributed by atoms with van der Waals surface area (Å²) >= 11 is 0. The number of hydrogen-bond donors (Lipinski definition) is 0. The zero-order chi connectivity index (χ0) is 21.5. The third-order valence-corrected chi connectivity index (χ3v) is 0. The average molecular weight is 676 g/mol. The molecule has 0 fully saturated rings. The fraction of sp³-hybridized carbons (Fsp3) is 0. The molecule has 0 unspecified atom stereocenters. The van der Waals surface area contributed by atoms with Gasteiger partial charge in [0.1, 0.15) is 0 Å². The molecule has 0 radical (unpaired) electrons. The summed E-state index contributed by atoms with van der Waals surface area (Å²) in [6.07, 6.45) is 0. The van der Waals surface area contributed by atoms with Gasteiger partial charge in [0.15, 0.2) is 0 Å². The van der Waals surface area contributed by atoms with Gasteiger partial charge in [-0.25, -0.2) is 0 Å². The molecule has 0 aliphatic carbocycles. The quantitative estimate of drug-likeness (QED) is 0.209. The van der Waals surface area contributed by atoms with Crippen LogP contribution in [0.4, 0.5) is 0 Å². The Balaban J connectivity index is -0.0000000245. The van der Waals surface area contributed by atoms with E-state index in [9.17, 15) is 0 Å². The Bertz CT molecular complexity index is 261. The molecule has 0 amide bonds. The van der Waals surface area contributed by atoms with Gasteiger partial charge in [0, 0.05) is 0 Å². The van der Waals surface area contributed by atoms with Crippen LogP contribution in [-0.4, -0.2) is 30.5 Å². The Labute approximate surface area is 218 Å². The van der Waals surface area contributed by atoms with Crippen molar-refractivity contribution in [3.05, 3.63) is 91.9 Å². The van der Waals surface area contributed by atoms with Crippen LogP contribution in [0.25, 0.3) is 0 Å². The molecule has 0 spiro atoms. The second kappa shape index (κ2) is 43.6. The van der Waals surface area contributed by atoms with E-state index in [4.69, 9.17) is 91.9 Å². The van der Waals surface area contributed by atoms with E-state index in [0.717, 1.165) is 0 Å². The maximum atomic E-state index is 8.25. The molecule has 0 aromatic carbocycles. The van der Waals surface area contributed by atoms with E-state index in [0.29, 0.717) is 0 Å². The number of nitrogens with zero attached hydrogens (tertiary/aromatic N) is 6. The van der Waals surface area contributed by atoms with Crippen LogP contribution in [0.15, 0.2) is 0 Å². The van der Waals surface area contributed by atoms with E-state index in [-0.39, 0.29) is 98.8 Å². The standard InChI is InChI=1S/2Eu.6NO3/c;;6*2-1(3)4/q2*+3;6*-1. The zero-order valence-corrected chi connectivity index (χ0v) is 15.6. The first kappa shape index (κ1) is 49.7. The Morgan fingerprint density at radius 2 is 0.269 bits per heavy atom. The average Bonchev–Trinajstić information content (AvgIpc) is 2.08. The molecule has 0 aromatic heterocycles. The van der Waals surface area contributed by atoms with Gasteiger partial charge in [-0.2, -0.15) is 0 Å². The molecule has 0 bridgehead atoms. The molecule has 152 valence electrons. The fourth-order valence-electron chi connectivity index (χ4n) is 0. The fourth-order valence-corrected chi connectivity index (χ4v) is 0. The summed E-state index contributed by atoms with van der Waals surface area (Å²) in [5.74, 6) is 0. The van der Waals surface area contributed by atoms with Crippen LogP contribution in [-0.2, 0) is 0 Å². The molecular weight excluding hydrogens is 676 g/mol. The van der Waals surface area contributed by atoms with Crippen molar-refractivity contribution in [2.45, 2.75) is 0 Å². The predicted molar refractivity (Wildman–Crippen MR) is 62.2 cm³/mol. The van der Waals surface area contributed by atoms with Gasteiger partial charge in [0.05, 0.1) is 30.5 Å². The Morgan fingerprint density at radius 3 is 0.269 bits per heavy atom. The van der Waals surface area contributed by atoms with Crippen molar-refractivity contribution >= 4 is 0 Å².